The van der Waals surface area contributed by atoms with E-state index in [1.54, 1.807) is 11.0 Å². The monoisotopic (exact) mass is 279 g/mol. The molecule has 0 radical (unpaired) electrons. The number of aromatic nitrogens is 1. The predicted octanol–water partition coefficient (Wildman–Crippen LogP) is 2.29. The summed E-state index contributed by atoms with van der Waals surface area (Å²) in [6.07, 6.45) is 0. The molecule has 1 aromatic heterocycles. The van der Waals surface area contributed by atoms with Crippen molar-refractivity contribution in [2.75, 3.05) is 32.0 Å². The molecule has 1 rings (SSSR count). The highest BCUT2D eigenvalue weighted by Crippen LogP contribution is 2.17. The maximum atomic E-state index is 12.5. The van der Waals surface area contributed by atoms with Crippen LogP contribution in [0.5, 0.6) is 0 Å². The number of carbonyl (C=O) groups is 1. The Hall–Kier alpha value is -1.62. The van der Waals surface area contributed by atoms with Gasteiger partial charge in [-0.05, 0) is 31.9 Å². The van der Waals surface area contributed by atoms with Crippen LogP contribution in [0.25, 0.3) is 0 Å². The molecule has 0 aliphatic heterocycles. The molecule has 0 unspecified atom stereocenters. The molecule has 1 amide bonds. The second kappa shape index (κ2) is 7.85. The summed E-state index contributed by atoms with van der Waals surface area (Å²) in [5.41, 5.74) is 7.23. The van der Waals surface area contributed by atoms with Gasteiger partial charge in [0.1, 0.15) is 5.82 Å². The van der Waals surface area contributed by atoms with Crippen molar-refractivity contribution in [3.8, 4) is 0 Å². The molecule has 0 fully saturated rings. The number of hydrogen-bond acceptors (Lipinski definition) is 4. The lowest BCUT2D eigenvalue weighted by atomic mass is 10.1. The molecule has 112 valence electrons. The van der Waals surface area contributed by atoms with Gasteiger partial charge >= 0.3 is 0 Å². The van der Waals surface area contributed by atoms with Gasteiger partial charge < -0.3 is 15.4 Å². The first-order chi connectivity index (χ1) is 9.49. The van der Waals surface area contributed by atoms with Gasteiger partial charge in [0, 0.05) is 31.0 Å². The van der Waals surface area contributed by atoms with Crippen LogP contribution in [0, 0.1) is 0 Å². The van der Waals surface area contributed by atoms with E-state index >= 15 is 0 Å². The summed E-state index contributed by atoms with van der Waals surface area (Å²) in [6, 6.07) is 3.46. The topological polar surface area (TPSA) is 68.5 Å². The van der Waals surface area contributed by atoms with E-state index in [-0.39, 0.29) is 11.8 Å². The van der Waals surface area contributed by atoms with E-state index in [9.17, 15) is 4.79 Å². The minimum absolute atomic E-state index is 0.0248. The fourth-order valence-electron chi connectivity index (χ4n) is 1.90. The molecule has 0 atom stereocenters. The molecule has 0 saturated heterocycles. The van der Waals surface area contributed by atoms with Crippen molar-refractivity contribution in [2.24, 2.45) is 0 Å². The van der Waals surface area contributed by atoms with Crippen molar-refractivity contribution in [2.45, 2.75) is 33.6 Å². The lowest BCUT2D eigenvalue weighted by Crippen LogP contribution is -2.34. The highest BCUT2D eigenvalue weighted by atomic mass is 16.5. The van der Waals surface area contributed by atoms with E-state index in [1.165, 1.54) is 0 Å². The minimum atomic E-state index is -0.0248. The van der Waals surface area contributed by atoms with Gasteiger partial charge in [-0.15, -0.1) is 0 Å². The summed E-state index contributed by atoms with van der Waals surface area (Å²) in [5, 5.41) is 0. The Balaban J connectivity index is 2.88. The van der Waals surface area contributed by atoms with Gasteiger partial charge in [0.15, 0.2) is 0 Å². The molecule has 1 heterocycles. The average Bonchev–Trinajstić information content (AvgIpc) is 2.42. The second-order valence-corrected chi connectivity index (χ2v) is 4.94. The van der Waals surface area contributed by atoms with Crippen molar-refractivity contribution in [1.82, 2.24) is 9.88 Å². The minimum Gasteiger partial charge on any atom is -0.384 e. The van der Waals surface area contributed by atoms with E-state index in [2.05, 4.69) is 4.98 Å². The van der Waals surface area contributed by atoms with Crippen LogP contribution in [-0.4, -0.2) is 42.1 Å². The molecule has 0 saturated carbocycles. The smallest absolute Gasteiger partial charge is 0.254 e. The number of anilines is 1. The van der Waals surface area contributed by atoms with Gasteiger partial charge in [0.05, 0.1) is 6.61 Å². The number of pyridine rings is 1. The zero-order chi connectivity index (χ0) is 15.1. The molecule has 20 heavy (non-hydrogen) atoms. The summed E-state index contributed by atoms with van der Waals surface area (Å²) in [4.78, 5) is 18.5. The van der Waals surface area contributed by atoms with Crippen molar-refractivity contribution < 1.29 is 9.53 Å². The number of nitrogens with zero attached hydrogens (tertiary/aromatic N) is 2. The number of likely N-dealkylation sites (N-methyl/N-ethyl adjacent to an activating group) is 1. The Morgan fingerprint density at radius 1 is 1.40 bits per heavy atom. The van der Waals surface area contributed by atoms with Crippen LogP contribution in [0.1, 0.15) is 49.7 Å². The van der Waals surface area contributed by atoms with E-state index in [1.807, 2.05) is 33.8 Å². The van der Waals surface area contributed by atoms with Gasteiger partial charge in [-0.1, -0.05) is 13.8 Å². The summed E-state index contributed by atoms with van der Waals surface area (Å²) in [7, 11) is 0. The Labute approximate surface area is 121 Å². The molecule has 0 aromatic carbocycles. The molecule has 0 aliphatic carbocycles. The van der Waals surface area contributed by atoms with Gasteiger partial charge in [0.25, 0.3) is 5.91 Å². The van der Waals surface area contributed by atoms with Crippen molar-refractivity contribution >= 4 is 11.7 Å². The third-order valence-corrected chi connectivity index (χ3v) is 3.08. The van der Waals surface area contributed by atoms with Gasteiger partial charge in [-0.25, -0.2) is 4.98 Å². The Bertz CT molecular complexity index is 447. The van der Waals surface area contributed by atoms with Crippen LogP contribution < -0.4 is 5.73 Å². The second-order valence-electron chi connectivity index (χ2n) is 4.94. The average molecular weight is 279 g/mol. The fourth-order valence-corrected chi connectivity index (χ4v) is 1.90. The Morgan fingerprint density at radius 2 is 2.10 bits per heavy atom. The van der Waals surface area contributed by atoms with Crippen LogP contribution in [0.4, 0.5) is 5.82 Å². The quantitative estimate of drug-likeness (QED) is 0.777. The Kier molecular flexibility index (Phi) is 6.45. The van der Waals surface area contributed by atoms with Crippen molar-refractivity contribution in [1.29, 1.82) is 0 Å². The molecule has 5 heteroatoms. The van der Waals surface area contributed by atoms with Crippen LogP contribution in [0.2, 0.25) is 0 Å². The number of hydrogen-bond donors (Lipinski definition) is 1. The van der Waals surface area contributed by atoms with Crippen LogP contribution in [0.3, 0.4) is 0 Å². The predicted molar refractivity (Wildman–Crippen MR) is 80.8 cm³/mol. The molecule has 2 N–H and O–H groups in total. The van der Waals surface area contributed by atoms with Crippen LogP contribution in [-0.2, 0) is 4.74 Å². The van der Waals surface area contributed by atoms with Gasteiger partial charge in [-0.2, -0.15) is 0 Å². The zero-order valence-corrected chi connectivity index (χ0v) is 12.8. The molecular formula is C15H25N3O2. The molecule has 0 spiro atoms. The Morgan fingerprint density at radius 3 is 2.65 bits per heavy atom. The lowest BCUT2D eigenvalue weighted by molar-refractivity contribution is 0.0669. The molecule has 5 nitrogen and oxygen atoms in total. The highest BCUT2D eigenvalue weighted by molar-refractivity contribution is 5.95. The summed E-state index contributed by atoms with van der Waals surface area (Å²) >= 11 is 0. The first-order valence-corrected chi connectivity index (χ1v) is 7.14. The van der Waals surface area contributed by atoms with Crippen LogP contribution in [0.15, 0.2) is 12.1 Å². The molecule has 0 aliphatic rings. The first-order valence-electron chi connectivity index (χ1n) is 7.14. The standard InChI is InChI=1S/C15H25N3O2/c1-5-18(7-8-20-6-2)15(19)12-9-13(11(3)4)17-14(16)10-12/h9-11H,5-8H2,1-4H3,(H2,16,17). The van der Waals surface area contributed by atoms with Crippen LogP contribution >= 0.6 is 0 Å². The maximum Gasteiger partial charge on any atom is 0.254 e. The van der Waals surface area contributed by atoms with E-state index < -0.39 is 0 Å². The molecule has 0 bridgehead atoms. The number of rotatable bonds is 7. The highest BCUT2D eigenvalue weighted by Gasteiger charge is 2.16. The first kappa shape index (κ1) is 16.4. The number of carbonyl (C=O) groups excluding carboxylic acids is 1. The summed E-state index contributed by atoms with van der Waals surface area (Å²) < 4.78 is 5.31. The number of amides is 1. The number of ether oxygens (including phenoxy) is 1. The van der Waals surface area contributed by atoms with Crippen molar-refractivity contribution in [3.63, 3.8) is 0 Å². The lowest BCUT2D eigenvalue weighted by Gasteiger charge is -2.21. The number of nitrogen functional groups attached to an aromatic ring is 1. The van der Waals surface area contributed by atoms with Crippen molar-refractivity contribution in [3.05, 3.63) is 23.4 Å². The fraction of sp³-hybridized carbons (Fsp3) is 0.600. The summed E-state index contributed by atoms with van der Waals surface area (Å²) in [6.45, 7) is 10.4. The molecular weight excluding hydrogens is 254 g/mol. The van der Waals surface area contributed by atoms with E-state index in [4.69, 9.17) is 10.5 Å². The SMILES string of the molecule is CCOCCN(CC)C(=O)c1cc(N)nc(C(C)C)c1. The number of nitrogens with two attached hydrogens (primary N) is 1. The third kappa shape index (κ3) is 4.49. The maximum absolute atomic E-state index is 12.5. The third-order valence-electron chi connectivity index (χ3n) is 3.08. The van der Waals surface area contributed by atoms with E-state index in [0.29, 0.717) is 37.7 Å². The van der Waals surface area contributed by atoms with Gasteiger partial charge in [0.2, 0.25) is 0 Å². The normalized spacial score (nSPS) is 10.8. The van der Waals surface area contributed by atoms with Gasteiger partial charge in [-0.3, -0.25) is 4.79 Å². The summed E-state index contributed by atoms with van der Waals surface area (Å²) in [5.74, 6) is 0.604. The largest absolute Gasteiger partial charge is 0.384 e. The zero-order valence-electron chi connectivity index (χ0n) is 12.8. The van der Waals surface area contributed by atoms with E-state index in [0.717, 1.165) is 5.69 Å². The molecule has 1 aromatic rings.